The van der Waals surface area contributed by atoms with Crippen LogP contribution < -0.4 is 4.90 Å². The van der Waals surface area contributed by atoms with Gasteiger partial charge in [-0.15, -0.1) is 23.1 Å². The number of anilines is 1. The number of amides is 2. The summed E-state index contributed by atoms with van der Waals surface area (Å²) in [6, 6.07) is 18.9. The van der Waals surface area contributed by atoms with E-state index in [1.807, 2.05) is 54.8 Å². The fourth-order valence-corrected chi connectivity index (χ4v) is 5.13. The van der Waals surface area contributed by atoms with Crippen LogP contribution in [0.4, 0.5) is 5.69 Å². The molecule has 1 aromatic heterocycles. The van der Waals surface area contributed by atoms with E-state index in [1.54, 1.807) is 18.2 Å². The molecule has 0 spiro atoms. The van der Waals surface area contributed by atoms with Crippen molar-refractivity contribution in [2.24, 2.45) is 0 Å². The van der Waals surface area contributed by atoms with Gasteiger partial charge in [0.25, 0.3) is 11.8 Å². The minimum atomic E-state index is -0.298. The number of nitrogens with zero attached hydrogens (tertiary/aromatic N) is 1. The highest BCUT2D eigenvalue weighted by Gasteiger charge is 2.41. The molecule has 0 bridgehead atoms. The Morgan fingerprint density at radius 1 is 0.964 bits per heavy atom. The van der Waals surface area contributed by atoms with Crippen molar-refractivity contribution in [3.63, 3.8) is 0 Å². The lowest BCUT2D eigenvalue weighted by molar-refractivity contribution is -0.119. The third kappa shape index (κ3) is 3.41. The average molecular weight is 426 g/mol. The van der Waals surface area contributed by atoms with E-state index in [0.29, 0.717) is 32.5 Å². The van der Waals surface area contributed by atoms with Gasteiger partial charge in [0, 0.05) is 15.7 Å². The van der Waals surface area contributed by atoms with Gasteiger partial charge in [0.05, 0.1) is 16.2 Å². The number of thioether (sulfide) groups is 1. The summed E-state index contributed by atoms with van der Waals surface area (Å²) in [4.78, 5) is 29.1. The summed E-state index contributed by atoms with van der Waals surface area (Å²) >= 11 is 9.10. The van der Waals surface area contributed by atoms with Gasteiger partial charge in [0.15, 0.2) is 0 Å². The molecule has 0 aliphatic carbocycles. The molecule has 6 heteroatoms. The summed E-state index contributed by atoms with van der Waals surface area (Å²) in [5.74, 6) is 0.0278. The third-order valence-electron chi connectivity index (χ3n) is 4.51. The summed E-state index contributed by atoms with van der Waals surface area (Å²) in [6.45, 7) is 1.82. The van der Waals surface area contributed by atoms with Crippen molar-refractivity contribution in [3.05, 3.63) is 92.0 Å². The van der Waals surface area contributed by atoms with E-state index >= 15 is 0 Å². The predicted molar refractivity (Wildman–Crippen MR) is 118 cm³/mol. The van der Waals surface area contributed by atoms with Crippen LogP contribution in [0.2, 0.25) is 5.02 Å². The zero-order valence-corrected chi connectivity index (χ0v) is 17.4. The van der Waals surface area contributed by atoms with Gasteiger partial charge in [-0.1, -0.05) is 54.1 Å². The molecule has 2 amide bonds. The maximum atomic E-state index is 13.3. The summed E-state index contributed by atoms with van der Waals surface area (Å²) < 4.78 is 0. The van der Waals surface area contributed by atoms with Crippen LogP contribution in [-0.2, 0) is 15.3 Å². The monoisotopic (exact) mass is 425 g/mol. The minimum absolute atomic E-state index is 0.292. The van der Waals surface area contributed by atoms with Gasteiger partial charge in [-0.3, -0.25) is 9.59 Å². The second-order valence-corrected chi connectivity index (χ2v) is 8.63. The first-order valence-corrected chi connectivity index (χ1v) is 10.9. The van der Waals surface area contributed by atoms with E-state index in [2.05, 4.69) is 0 Å². The van der Waals surface area contributed by atoms with Crippen molar-refractivity contribution in [1.29, 1.82) is 0 Å². The molecule has 3 nitrogen and oxygen atoms in total. The lowest BCUT2D eigenvalue weighted by atomic mass is 10.1. The van der Waals surface area contributed by atoms with Crippen molar-refractivity contribution >= 4 is 57.8 Å². The number of benzene rings is 2. The van der Waals surface area contributed by atoms with Crippen LogP contribution in [0.3, 0.4) is 0 Å². The highest BCUT2D eigenvalue weighted by molar-refractivity contribution is 8.03. The summed E-state index contributed by atoms with van der Waals surface area (Å²) in [6.07, 6.45) is 0. The molecule has 2 heterocycles. The molecule has 140 valence electrons. The topological polar surface area (TPSA) is 37.4 Å². The van der Waals surface area contributed by atoms with Gasteiger partial charge in [0.1, 0.15) is 0 Å². The maximum absolute atomic E-state index is 13.3. The lowest BCUT2D eigenvalue weighted by Crippen LogP contribution is -2.31. The van der Waals surface area contributed by atoms with Crippen molar-refractivity contribution in [3.8, 4) is 0 Å². The Kier molecular flexibility index (Phi) is 5.40. The van der Waals surface area contributed by atoms with E-state index in [-0.39, 0.29) is 11.8 Å². The molecule has 0 radical (unpaired) electrons. The lowest BCUT2D eigenvalue weighted by Gasteiger charge is -2.18. The number of hydrogen-bond donors (Lipinski definition) is 0. The number of thiophene rings is 1. The van der Waals surface area contributed by atoms with E-state index < -0.39 is 0 Å². The molecule has 4 rings (SSSR count). The molecule has 0 saturated heterocycles. The number of hydrogen-bond acceptors (Lipinski definition) is 4. The van der Waals surface area contributed by atoms with Crippen LogP contribution in [0.1, 0.15) is 16.0 Å². The van der Waals surface area contributed by atoms with Crippen LogP contribution in [0.25, 0.3) is 5.57 Å². The summed E-state index contributed by atoms with van der Waals surface area (Å²) in [5.41, 5.74) is 2.82. The number of carbonyl (C=O) groups excluding carboxylic acids is 2. The minimum Gasteiger partial charge on any atom is -0.268 e. The number of carbonyl (C=O) groups is 2. The van der Waals surface area contributed by atoms with Crippen LogP contribution in [-0.4, -0.2) is 11.8 Å². The first kappa shape index (κ1) is 19.0. The molecule has 0 saturated carbocycles. The van der Waals surface area contributed by atoms with E-state index in [4.69, 9.17) is 11.6 Å². The highest BCUT2D eigenvalue weighted by atomic mass is 35.5. The van der Waals surface area contributed by atoms with Gasteiger partial charge < -0.3 is 0 Å². The zero-order valence-electron chi connectivity index (χ0n) is 15.0. The Bertz CT molecular complexity index is 1080. The highest BCUT2D eigenvalue weighted by Crippen LogP contribution is 2.42. The van der Waals surface area contributed by atoms with Crippen LogP contribution in [0, 0.1) is 6.92 Å². The summed E-state index contributed by atoms with van der Waals surface area (Å²) in [5, 5.41) is 2.44. The second kappa shape index (κ2) is 7.95. The normalized spacial score (nSPS) is 14.3. The predicted octanol–water partition coefficient (Wildman–Crippen LogP) is 5.93. The van der Waals surface area contributed by atoms with Gasteiger partial charge in [-0.25, -0.2) is 4.90 Å². The van der Waals surface area contributed by atoms with Crippen LogP contribution >= 0.6 is 34.7 Å². The Morgan fingerprint density at radius 2 is 1.75 bits per heavy atom. The molecular formula is C22H16ClNO2S2. The van der Waals surface area contributed by atoms with E-state index in [0.717, 1.165) is 10.4 Å². The zero-order chi connectivity index (χ0) is 19.7. The van der Waals surface area contributed by atoms with Crippen LogP contribution in [0.15, 0.2) is 70.9 Å². The van der Waals surface area contributed by atoms with Crippen molar-refractivity contribution in [2.45, 2.75) is 12.7 Å². The largest absolute Gasteiger partial charge is 0.272 e. The Hall–Kier alpha value is -2.34. The Balaban J connectivity index is 1.74. The molecule has 0 unspecified atom stereocenters. The van der Waals surface area contributed by atoms with Gasteiger partial charge in [-0.2, -0.15) is 0 Å². The molecule has 0 atom stereocenters. The van der Waals surface area contributed by atoms with Gasteiger partial charge in [0.2, 0.25) is 0 Å². The average Bonchev–Trinajstić information content (AvgIpc) is 3.30. The quantitative estimate of drug-likeness (QED) is 0.475. The van der Waals surface area contributed by atoms with E-state index in [9.17, 15) is 9.59 Å². The molecule has 3 aromatic rings. The maximum Gasteiger partial charge on any atom is 0.272 e. The number of halogens is 1. The molecule has 1 aliphatic rings. The molecule has 28 heavy (non-hydrogen) atoms. The first-order valence-electron chi connectivity index (χ1n) is 8.66. The second-order valence-electron chi connectivity index (χ2n) is 6.29. The summed E-state index contributed by atoms with van der Waals surface area (Å²) in [7, 11) is 0. The molecule has 1 aliphatic heterocycles. The molecular weight excluding hydrogens is 410 g/mol. The smallest absolute Gasteiger partial charge is 0.268 e. The van der Waals surface area contributed by atoms with Gasteiger partial charge >= 0.3 is 0 Å². The van der Waals surface area contributed by atoms with Crippen LogP contribution in [0.5, 0.6) is 0 Å². The fraction of sp³-hybridized carbons (Fsp3) is 0.0909. The van der Waals surface area contributed by atoms with Crippen molar-refractivity contribution in [2.75, 3.05) is 4.90 Å². The van der Waals surface area contributed by atoms with E-state index in [1.165, 1.54) is 28.0 Å². The van der Waals surface area contributed by atoms with Crippen molar-refractivity contribution < 1.29 is 9.59 Å². The number of rotatable bonds is 5. The molecule has 0 fully saturated rings. The number of imide groups is 1. The fourth-order valence-electron chi connectivity index (χ4n) is 3.07. The Labute approximate surface area is 176 Å². The standard InChI is InChI=1S/C22H16ClNO2S2/c1-14-16(23)9-5-10-17(14)24-21(25)19(18-11-6-12-27-18)20(22(24)26)28-13-15-7-3-2-4-8-15/h2-12H,13H2,1H3. The Morgan fingerprint density at radius 3 is 2.46 bits per heavy atom. The molecule has 2 aromatic carbocycles. The van der Waals surface area contributed by atoms with Gasteiger partial charge in [-0.05, 0) is 41.6 Å². The molecule has 0 N–H and O–H groups in total. The third-order valence-corrected chi connectivity index (χ3v) is 6.96. The SMILES string of the molecule is Cc1c(Cl)cccc1N1C(=O)C(SCc2ccccc2)=C(c2cccs2)C1=O. The first-order chi connectivity index (χ1) is 13.6. The van der Waals surface area contributed by atoms with Crippen molar-refractivity contribution in [1.82, 2.24) is 0 Å².